The number of nitrogens with zero attached hydrogens (tertiary/aromatic N) is 2. The maximum absolute atomic E-state index is 12.1. The standard InChI is InChI=1S/C10H16N4O2S/c1-4-5-9(6-11)14-17(15,16)10-7(2)12-13-8(10)3/h9,14H,4-5H2,1-3H3,(H,12,13). The van der Waals surface area contributed by atoms with Crippen molar-refractivity contribution >= 4 is 10.0 Å². The fraction of sp³-hybridized carbons (Fsp3) is 0.600. The van der Waals surface area contributed by atoms with Gasteiger partial charge in [0.1, 0.15) is 10.9 Å². The first kappa shape index (κ1) is 13.7. The molecule has 17 heavy (non-hydrogen) atoms. The van der Waals surface area contributed by atoms with Gasteiger partial charge in [0.05, 0.1) is 17.5 Å². The van der Waals surface area contributed by atoms with Crippen molar-refractivity contribution in [2.24, 2.45) is 0 Å². The number of sulfonamides is 1. The van der Waals surface area contributed by atoms with Gasteiger partial charge in [0.2, 0.25) is 10.0 Å². The molecule has 2 N–H and O–H groups in total. The lowest BCUT2D eigenvalue weighted by Crippen LogP contribution is -2.34. The predicted molar refractivity (Wildman–Crippen MR) is 62.7 cm³/mol. The molecule has 0 fully saturated rings. The lowest BCUT2D eigenvalue weighted by atomic mass is 10.2. The molecule has 6 nitrogen and oxygen atoms in total. The fourth-order valence-electron chi connectivity index (χ4n) is 1.62. The van der Waals surface area contributed by atoms with Crippen LogP contribution in [0.15, 0.2) is 4.90 Å². The van der Waals surface area contributed by atoms with Crippen LogP contribution in [0.1, 0.15) is 31.2 Å². The highest BCUT2D eigenvalue weighted by Gasteiger charge is 2.25. The molecule has 1 atom stereocenters. The summed E-state index contributed by atoms with van der Waals surface area (Å²) >= 11 is 0. The zero-order valence-electron chi connectivity index (χ0n) is 10.1. The van der Waals surface area contributed by atoms with E-state index in [9.17, 15) is 8.42 Å². The lowest BCUT2D eigenvalue weighted by Gasteiger charge is -2.11. The van der Waals surface area contributed by atoms with Gasteiger partial charge >= 0.3 is 0 Å². The molecule has 1 heterocycles. The number of aromatic amines is 1. The third-order valence-corrected chi connectivity index (χ3v) is 4.09. The molecule has 1 aromatic heterocycles. The number of aromatic nitrogens is 2. The van der Waals surface area contributed by atoms with E-state index in [0.29, 0.717) is 17.8 Å². The highest BCUT2D eigenvalue weighted by atomic mass is 32.2. The fourth-order valence-corrected chi connectivity index (χ4v) is 3.17. The van der Waals surface area contributed by atoms with Crippen molar-refractivity contribution in [3.05, 3.63) is 11.4 Å². The minimum atomic E-state index is -3.68. The highest BCUT2D eigenvalue weighted by molar-refractivity contribution is 7.89. The van der Waals surface area contributed by atoms with Crippen LogP contribution >= 0.6 is 0 Å². The second-order valence-corrected chi connectivity index (χ2v) is 5.51. The van der Waals surface area contributed by atoms with Gasteiger partial charge in [-0.1, -0.05) is 13.3 Å². The van der Waals surface area contributed by atoms with E-state index in [0.717, 1.165) is 6.42 Å². The topological polar surface area (TPSA) is 98.6 Å². The normalized spacial score (nSPS) is 13.3. The van der Waals surface area contributed by atoms with Crippen LogP contribution in [0.5, 0.6) is 0 Å². The first-order valence-corrected chi connectivity index (χ1v) is 6.84. The Morgan fingerprint density at radius 2 is 2.18 bits per heavy atom. The van der Waals surface area contributed by atoms with Gasteiger partial charge in [-0.05, 0) is 20.3 Å². The van der Waals surface area contributed by atoms with E-state index in [2.05, 4.69) is 14.9 Å². The van der Waals surface area contributed by atoms with Gasteiger partial charge < -0.3 is 0 Å². The molecule has 0 bridgehead atoms. The summed E-state index contributed by atoms with van der Waals surface area (Å²) in [6, 6.07) is 1.24. The molecule has 0 saturated heterocycles. The zero-order valence-corrected chi connectivity index (χ0v) is 10.9. The summed E-state index contributed by atoms with van der Waals surface area (Å²) in [6.45, 7) is 5.14. The molecule has 0 radical (unpaired) electrons. The molecule has 0 saturated carbocycles. The summed E-state index contributed by atoms with van der Waals surface area (Å²) in [5.41, 5.74) is 0.881. The van der Waals surface area contributed by atoms with Gasteiger partial charge in [0, 0.05) is 0 Å². The summed E-state index contributed by atoms with van der Waals surface area (Å²) in [7, 11) is -3.68. The van der Waals surface area contributed by atoms with Gasteiger partial charge in [-0.25, -0.2) is 8.42 Å². The molecule has 0 spiro atoms. The Morgan fingerprint density at radius 1 is 1.53 bits per heavy atom. The second-order valence-electron chi connectivity index (χ2n) is 3.85. The number of H-pyrrole nitrogens is 1. The molecule has 0 aliphatic rings. The molecular weight excluding hydrogens is 240 g/mol. The molecule has 1 unspecified atom stereocenters. The van der Waals surface area contributed by atoms with Crippen molar-refractivity contribution in [3.63, 3.8) is 0 Å². The van der Waals surface area contributed by atoms with Crippen molar-refractivity contribution in [2.45, 2.75) is 44.6 Å². The third kappa shape index (κ3) is 3.05. The van der Waals surface area contributed by atoms with Crippen LogP contribution in [-0.2, 0) is 10.0 Å². The first-order chi connectivity index (χ1) is 7.92. The SMILES string of the molecule is CCCC(C#N)NS(=O)(=O)c1c(C)n[nH]c1C. The van der Waals surface area contributed by atoms with E-state index in [-0.39, 0.29) is 4.90 Å². The molecule has 94 valence electrons. The summed E-state index contributed by atoms with van der Waals surface area (Å²) in [4.78, 5) is 0.133. The third-order valence-electron chi connectivity index (χ3n) is 2.36. The molecule has 0 aliphatic heterocycles. The number of nitrogens with one attached hydrogen (secondary N) is 2. The molecule has 0 aliphatic carbocycles. The quantitative estimate of drug-likeness (QED) is 0.820. The first-order valence-electron chi connectivity index (χ1n) is 5.36. The largest absolute Gasteiger partial charge is 0.281 e. The minimum absolute atomic E-state index is 0.133. The second kappa shape index (κ2) is 5.29. The molecule has 1 rings (SSSR count). The highest BCUT2D eigenvalue weighted by Crippen LogP contribution is 2.17. The van der Waals surface area contributed by atoms with E-state index >= 15 is 0 Å². The van der Waals surface area contributed by atoms with Crippen LogP contribution in [0.25, 0.3) is 0 Å². The maximum atomic E-state index is 12.1. The van der Waals surface area contributed by atoms with Gasteiger partial charge in [0.15, 0.2) is 0 Å². The van der Waals surface area contributed by atoms with Crippen LogP contribution in [0.4, 0.5) is 0 Å². The summed E-state index contributed by atoms with van der Waals surface area (Å²) in [6.07, 6.45) is 1.23. The maximum Gasteiger partial charge on any atom is 0.245 e. The number of hydrogen-bond donors (Lipinski definition) is 2. The Labute approximate surface area is 101 Å². The van der Waals surface area contributed by atoms with Crippen LogP contribution in [0, 0.1) is 25.2 Å². The molecule has 0 amide bonds. The molecule has 1 aromatic rings. The van der Waals surface area contributed by atoms with Crippen LogP contribution in [-0.4, -0.2) is 24.7 Å². The summed E-state index contributed by atoms with van der Waals surface area (Å²) in [5, 5.41) is 15.3. The Bertz CT molecular complexity index is 507. The molecule has 7 heteroatoms. The minimum Gasteiger partial charge on any atom is -0.281 e. The van der Waals surface area contributed by atoms with E-state index in [1.54, 1.807) is 13.8 Å². The molecular formula is C10H16N4O2S. The summed E-state index contributed by atoms with van der Waals surface area (Å²) in [5.74, 6) is 0. The predicted octanol–water partition coefficient (Wildman–Crippen LogP) is 0.997. The van der Waals surface area contributed by atoms with Gasteiger partial charge in [-0.2, -0.15) is 15.1 Å². The lowest BCUT2D eigenvalue weighted by molar-refractivity contribution is 0.562. The van der Waals surface area contributed by atoms with Crippen LogP contribution in [0.2, 0.25) is 0 Å². The number of aryl methyl sites for hydroxylation is 2. The van der Waals surface area contributed by atoms with Crippen molar-refractivity contribution < 1.29 is 8.42 Å². The van der Waals surface area contributed by atoms with E-state index in [1.807, 2.05) is 13.0 Å². The Hall–Kier alpha value is -1.39. The molecule has 0 aromatic carbocycles. The van der Waals surface area contributed by atoms with Crippen LogP contribution < -0.4 is 4.72 Å². The zero-order chi connectivity index (χ0) is 13.1. The van der Waals surface area contributed by atoms with Gasteiger partial charge in [0.25, 0.3) is 0 Å². The number of hydrogen-bond acceptors (Lipinski definition) is 4. The Kier molecular flexibility index (Phi) is 4.26. The van der Waals surface area contributed by atoms with Crippen molar-refractivity contribution in [1.82, 2.24) is 14.9 Å². The van der Waals surface area contributed by atoms with Crippen molar-refractivity contribution in [2.75, 3.05) is 0 Å². The van der Waals surface area contributed by atoms with Gasteiger partial charge in [-0.15, -0.1) is 0 Å². The summed E-state index contributed by atoms with van der Waals surface area (Å²) < 4.78 is 26.5. The Morgan fingerprint density at radius 3 is 2.59 bits per heavy atom. The Balaban J connectivity index is 3.01. The monoisotopic (exact) mass is 256 g/mol. The number of rotatable bonds is 5. The smallest absolute Gasteiger partial charge is 0.245 e. The van der Waals surface area contributed by atoms with E-state index < -0.39 is 16.1 Å². The average molecular weight is 256 g/mol. The van der Waals surface area contributed by atoms with E-state index in [1.165, 1.54) is 0 Å². The van der Waals surface area contributed by atoms with Crippen LogP contribution in [0.3, 0.4) is 0 Å². The van der Waals surface area contributed by atoms with Crippen molar-refractivity contribution in [3.8, 4) is 6.07 Å². The van der Waals surface area contributed by atoms with Gasteiger partial charge in [-0.3, -0.25) is 5.10 Å². The van der Waals surface area contributed by atoms with E-state index in [4.69, 9.17) is 5.26 Å². The van der Waals surface area contributed by atoms with Crippen molar-refractivity contribution in [1.29, 1.82) is 5.26 Å². The average Bonchev–Trinajstić information content (AvgIpc) is 2.58. The number of nitriles is 1.